The fraction of sp³-hybridized carbons (Fsp3) is 0.333. The molecule has 106 valence electrons. The number of nitrogens with zero attached hydrogens (tertiary/aromatic N) is 1. The maximum atomic E-state index is 11.7. The Morgan fingerprint density at radius 2 is 2.15 bits per heavy atom. The van der Waals surface area contributed by atoms with Gasteiger partial charge in [-0.2, -0.15) is 0 Å². The van der Waals surface area contributed by atoms with E-state index in [1.54, 1.807) is 6.20 Å². The average Bonchev–Trinajstić information content (AvgIpc) is 2.93. The number of carbonyl (C=O) groups is 1. The molecule has 2 aromatic rings. The maximum absolute atomic E-state index is 11.7. The molecule has 20 heavy (non-hydrogen) atoms. The van der Waals surface area contributed by atoms with Crippen LogP contribution in [0, 0.1) is 0 Å². The summed E-state index contributed by atoms with van der Waals surface area (Å²) in [4.78, 5) is 15.6. The van der Waals surface area contributed by atoms with Crippen LogP contribution in [-0.4, -0.2) is 16.9 Å². The van der Waals surface area contributed by atoms with Gasteiger partial charge in [-0.15, -0.1) is 0 Å². The fourth-order valence-corrected chi connectivity index (χ4v) is 1.88. The van der Waals surface area contributed by atoms with E-state index in [4.69, 9.17) is 10.2 Å². The van der Waals surface area contributed by atoms with Crippen molar-refractivity contribution in [2.75, 3.05) is 5.32 Å². The van der Waals surface area contributed by atoms with Gasteiger partial charge in [-0.1, -0.05) is 0 Å². The van der Waals surface area contributed by atoms with Gasteiger partial charge in [0.1, 0.15) is 0 Å². The van der Waals surface area contributed by atoms with Gasteiger partial charge in [-0.05, 0) is 44.0 Å². The molecule has 1 aromatic carbocycles. The number of rotatable bonds is 6. The number of anilines is 1. The first-order chi connectivity index (χ1) is 9.65. The van der Waals surface area contributed by atoms with Gasteiger partial charge in [0.25, 0.3) is 0 Å². The molecule has 5 heteroatoms. The molecule has 0 radical (unpaired) electrons. The first-order valence-corrected chi connectivity index (χ1v) is 6.69. The van der Waals surface area contributed by atoms with Crippen LogP contribution in [0.15, 0.2) is 41.3 Å². The Kier molecular flexibility index (Phi) is 4.90. The number of benzene rings is 1. The average molecular weight is 273 g/mol. The summed E-state index contributed by atoms with van der Waals surface area (Å²) in [7, 11) is 0. The monoisotopic (exact) mass is 273 g/mol. The predicted molar refractivity (Wildman–Crippen MR) is 78.1 cm³/mol. The molecule has 0 aliphatic rings. The lowest BCUT2D eigenvalue weighted by Crippen LogP contribution is -2.16. The highest BCUT2D eigenvalue weighted by molar-refractivity contribution is 5.90. The molecule has 0 bridgehead atoms. The van der Waals surface area contributed by atoms with Gasteiger partial charge in [-0.3, -0.25) is 4.79 Å². The van der Waals surface area contributed by atoms with E-state index in [0.717, 1.165) is 24.1 Å². The van der Waals surface area contributed by atoms with Crippen LogP contribution < -0.4 is 11.1 Å². The Morgan fingerprint density at radius 3 is 2.75 bits per heavy atom. The second kappa shape index (κ2) is 6.86. The molecule has 1 heterocycles. The van der Waals surface area contributed by atoms with Crippen LogP contribution in [0.2, 0.25) is 0 Å². The van der Waals surface area contributed by atoms with Crippen LogP contribution in [0.5, 0.6) is 0 Å². The Hall–Kier alpha value is -2.14. The number of oxazole rings is 1. The molecule has 0 fully saturated rings. The summed E-state index contributed by atoms with van der Waals surface area (Å²) < 4.78 is 5.21. The second-order valence-corrected chi connectivity index (χ2v) is 4.86. The lowest BCUT2D eigenvalue weighted by Gasteiger charge is -2.07. The van der Waals surface area contributed by atoms with Crippen LogP contribution in [-0.2, 0) is 4.79 Å². The minimum Gasteiger partial charge on any atom is -0.444 e. The van der Waals surface area contributed by atoms with E-state index in [9.17, 15) is 4.79 Å². The molecule has 5 nitrogen and oxygen atoms in total. The van der Waals surface area contributed by atoms with E-state index < -0.39 is 0 Å². The molecule has 0 spiro atoms. The number of hydrogen-bond acceptors (Lipinski definition) is 4. The van der Waals surface area contributed by atoms with Crippen molar-refractivity contribution in [3.63, 3.8) is 0 Å². The first-order valence-electron chi connectivity index (χ1n) is 6.69. The van der Waals surface area contributed by atoms with Crippen LogP contribution in [0.1, 0.15) is 26.2 Å². The molecule has 0 saturated heterocycles. The lowest BCUT2D eigenvalue weighted by atomic mass is 10.1. The van der Waals surface area contributed by atoms with E-state index in [2.05, 4.69) is 10.3 Å². The summed E-state index contributed by atoms with van der Waals surface area (Å²) >= 11 is 0. The van der Waals surface area contributed by atoms with E-state index in [1.165, 1.54) is 6.39 Å². The van der Waals surface area contributed by atoms with Crippen molar-refractivity contribution in [2.24, 2.45) is 5.73 Å². The second-order valence-electron chi connectivity index (χ2n) is 4.86. The normalized spacial score (nSPS) is 12.1. The minimum atomic E-state index is 0.0121. The highest BCUT2D eigenvalue weighted by Gasteiger charge is 2.05. The van der Waals surface area contributed by atoms with Gasteiger partial charge in [-0.25, -0.2) is 4.98 Å². The zero-order valence-corrected chi connectivity index (χ0v) is 11.5. The number of hydrogen-bond donors (Lipinski definition) is 2. The molecule has 1 unspecified atom stereocenters. The van der Waals surface area contributed by atoms with Crippen molar-refractivity contribution in [1.82, 2.24) is 4.98 Å². The van der Waals surface area contributed by atoms with Crippen LogP contribution >= 0.6 is 0 Å². The molecule has 1 atom stereocenters. The van der Waals surface area contributed by atoms with Gasteiger partial charge in [0.2, 0.25) is 5.91 Å². The Labute approximate surface area is 118 Å². The van der Waals surface area contributed by atoms with Gasteiger partial charge in [0.05, 0.1) is 6.20 Å². The molecular weight excluding hydrogens is 254 g/mol. The third kappa shape index (κ3) is 4.20. The molecule has 1 aromatic heterocycles. The van der Waals surface area contributed by atoms with Crippen LogP contribution in [0.3, 0.4) is 0 Å². The topological polar surface area (TPSA) is 81.2 Å². The van der Waals surface area contributed by atoms with Crippen molar-refractivity contribution in [3.05, 3.63) is 36.9 Å². The molecule has 1 amide bonds. The van der Waals surface area contributed by atoms with E-state index in [-0.39, 0.29) is 11.9 Å². The Morgan fingerprint density at radius 1 is 1.40 bits per heavy atom. The van der Waals surface area contributed by atoms with Crippen molar-refractivity contribution in [2.45, 2.75) is 32.2 Å². The molecule has 0 saturated carbocycles. The van der Waals surface area contributed by atoms with Gasteiger partial charge in [0, 0.05) is 23.7 Å². The molecule has 0 aliphatic heterocycles. The van der Waals surface area contributed by atoms with Crippen molar-refractivity contribution in [3.8, 4) is 11.3 Å². The molecular formula is C15H19N3O2. The van der Waals surface area contributed by atoms with Crippen molar-refractivity contribution in [1.29, 1.82) is 0 Å². The van der Waals surface area contributed by atoms with Gasteiger partial charge in [0.15, 0.2) is 12.2 Å². The quantitative estimate of drug-likeness (QED) is 0.848. The largest absolute Gasteiger partial charge is 0.444 e. The predicted octanol–water partition coefficient (Wildman–Crippen LogP) is 2.80. The molecule has 2 rings (SSSR count). The fourth-order valence-electron chi connectivity index (χ4n) is 1.88. The van der Waals surface area contributed by atoms with Crippen LogP contribution in [0.25, 0.3) is 11.3 Å². The number of aromatic nitrogens is 1. The van der Waals surface area contributed by atoms with Crippen LogP contribution in [0.4, 0.5) is 5.69 Å². The third-order valence-corrected chi connectivity index (χ3v) is 2.95. The summed E-state index contributed by atoms with van der Waals surface area (Å²) in [6.07, 6.45) is 5.20. The number of nitrogens with one attached hydrogen (secondary N) is 1. The zero-order chi connectivity index (χ0) is 14.4. The summed E-state index contributed by atoms with van der Waals surface area (Å²) in [5, 5.41) is 2.86. The number of amides is 1. The van der Waals surface area contributed by atoms with Crippen molar-refractivity contribution >= 4 is 11.6 Å². The maximum Gasteiger partial charge on any atom is 0.224 e. The first kappa shape index (κ1) is 14.3. The van der Waals surface area contributed by atoms with E-state index >= 15 is 0 Å². The van der Waals surface area contributed by atoms with Crippen molar-refractivity contribution < 1.29 is 9.21 Å². The molecule has 3 N–H and O–H groups in total. The molecule has 0 aliphatic carbocycles. The third-order valence-electron chi connectivity index (χ3n) is 2.95. The van der Waals surface area contributed by atoms with Gasteiger partial charge >= 0.3 is 0 Å². The highest BCUT2D eigenvalue weighted by atomic mass is 16.3. The van der Waals surface area contributed by atoms with Gasteiger partial charge < -0.3 is 15.5 Å². The summed E-state index contributed by atoms with van der Waals surface area (Å²) in [6, 6.07) is 7.61. The summed E-state index contributed by atoms with van der Waals surface area (Å²) in [6.45, 7) is 1.94. The standard InChI is InChI=1S/C15H19N3O2/c1-11(16)3-2-4-15(19)18-13-7-5-12(6-8-13)14-9-17-10-20-14/h5-11H,2-4,16H2,1H3,(H,18,19). The smallest absolute Gasteiger partial charge is 0.224 e. The zero-order valence-electron chi connectivity index (χ0n) is 11.5. The van der Waals surface area contributed by atoms with E-state index in [1.807, 2.05) is 31.2 Å². The Bertz CT molecular complexity index is 533. The minimum absolute atomic E-state index is 0.0121. The Balaban J connectivity index is 1.86. The number of nitrogens with two attached hydrogens (primary N) is 1. The van der Waals surface area contributed by atoms with E-state index in [0.29, 0.717) is 12.2 Å². The lowest BCUT2D eigenvalue weighted by molar-refractivity contribution is -0.116. The highest BCUT2D eigenvalue weighted by Crippen LogP contribution is 2.20. The summed E-state index contributed by atoms with van der Waals surface area (Å²) in [5.41, 5.74) is 7.35. The number of carbonyl (C=O) groups excluding carboxylic acids is 1. The SMILES string of the molecule is CC(N)CCCC(=O)Nc1ccc(-c2cnco2)cc1. The summed E-state index contributed by atoms with van der Waals surface area (Å²) in [5.74, 6) is 0.720.